The van der Waals surface area contributed by atoms with Crippen LogP contribution in [-0.2, 0) is 10.3 Å². The number of thiophene rings is 1. The lowest BCUT2D eigenvalue weighted by Crippen LogP contribution is -2.36. The monoisotopic (exact) mass is 341 g/mol. The minimum atomic E-state index is -0.114. The minimum absolute atomic E-state index is 0.0800. The number of Topliss-reactive ketones (excluding diaryl/α,β-unsaturated/α-hetero) is 1. The topological polar surface area (TPSA) is 46.9 Å². The molecule has 2 aromatic heterocycles. The number of carbonyl (C=O) groups excluding carboxylic acids is 1. The van der Waals surface area contributed by atoms with Crippen molar-refractivity contribution < 1.29 is 4.79 Å². The second-order valence-corrected chi connectivity index (χ2v) is 8.67. The van der Waals surface area contributed by atoms with Crippen molar-refractivity contribution in [3.05, 3.63) is 45.4 Å². The van der Waals surface area contributed by atoms with Gasteiger partial charge in [0.05, 0.1) is 17.2 Å². The molecule has 5 heteroatoms. The highest BCUT2D eigenvalue weighted by atomic mass is 32.1. The Morgan fingerprint density at radius 2 is 2.12 bits per heavy atom. The maximum Gasteiger partial charge on any atom is 0.143 e. The number of ketones is 1. The third-order valence-electron chi connectivity index (χ3n) is 4.94. The van der Waals surface area contributed by atoms with Gasteiger partial charge in [0.25, 0.3) is 0 Å². The van der Waals surface area contributed by atoms with Crippen molar-refractivity contribution in [2.24, 2.45) is 5.92 Å². The van der Waals surface area contributed by atoms with E-state index in [1.807, 2.05) is 0 Å². The molecular formula is C19H23N3OS. The Morgan fingerprint density at radius 3 is 2.79 bits per heavy atom. The van der Waals surface area contributed by atoms with Crippen molar-refractivity contribution >= 4 is 22.9 Å². The van der Waals surface area contributed by atoms with Crippen molar-refractivity contribution in [1.82, 2.24) is 9.78 Å². The number of nitrogens with one attached hydrogen (secondary N) is 1. The lowest BCUT2D eigenvalue weighted by Gasteiger charge is -2.37. The Bertz CT molecular complexity index is 824. The Kier molecular flexibility index (Phi) is 3.46. The SMILES string of the molecule is Cc1nn(C(C)(C)C)c2c1[C@H](c1cccs1)[C@H]1C(=O)CCC=C1N2. The predicted octanol–water partition coefficient (Wildman–Crippen LogP) is 4.43. The van der Waals surface area contributed by atoms with Crippen molar-refractivity contribution in [2.75, 3.05) is 5.32 Å². The van der Waals surface area contributed by atoms with Crippen LogP contribution in [0.3, 0.4) is 0 Å². The van der Waals surface area contributed by atoms with E-state index >= 15 is 0 Å². The molecule has 0 amide bonds. The molecule has 0 radical (unpaired) electrons. The Labute approximate surface area is 146 Å². The van der Waals surface area contributed by atoms with E-state index in [2.05, 4.69) is 61.3 Å². The van der Waals surface area contributed by atoms with Crippen LogP contribution in [0.2, 0.25) is 0 Å². The first-order chi connectivity index (χ1) is 11.4. The number of anilines is 1. The van der Waals surface area contributed by atoms with Gasteiger partial charge in [0.1, 0.15) is 11.6 Å². The molecule has 1 aliphatic carbocycles. The van der Waals surface area contributed by atoms with Crippen LogP contribution in [0.1, 0.15) is 55.7 Å². The summed E-state index contributed by atoms with van der Waals surface area (Å²) in [4.78, 5) is 14.0. The molecule has 0 aromatic carbocycles. The van der Waals surface area contributed by atoms with Crippen molar-refractivity contribution in [3.8, 4) is 0 Å². The summed E-state index contributed by atoms with van der Waals surface area (Å²) in [5.74, 6) is 1.38. The number of nitrogens with zero attached hydrogens (tertiary/aromatic N) is 2. The van der Waals surface area contributed by atoms with Gasteiger partial charge in [0, 0.05) is 28.5 Å². The molecule has 0 spiro atoms. The summed E-state index contributed by atoms with van der Waals surface area (Å²) in [5.41, 5.74) is 3.15. The number of aromatic nitrogens is 2. The van der Waals surface area contributed by atoms with Crippen LogP contribution < -0.4 is 5.32 Å². The summed E-state index contributed by atoms with van der Waals surface area (Å²) in [5, 5.41) is 10.5. The van der Waals surface area contributed by atoms with Gasteiger partial charge in [-0.2, -0.15) is 5.10 Å². The van der Waals surface area contributed by atoms with Crippen LogP contribution in [0, 0.1) is 12.8 Å². The van der Waals surface area contributed by atoms with E-state index in [0.29, 0.717) is 12.2 Å². The quantitative estimate of drug-likeness (QED) is 0.835. The van der Waals surface area contributed by atoms with Gasteiger partial charge in [0.15, 0.2) is 0 Å². The minimum Gasteiger partial charge on any atom is -0.343 e. The molecule has 0 bridgehead atoms. The maximum absolute atomic E-state index is 12.8. The fourth-order valence-electron chi connectivity index (χ4n) is 3.92. The normalized spacial score (nSPS) is 23.3. The van der Waals surface area contributed by atoms with E-state index in [0.717, 1.165) is 23.6 Å². The van der Waals surface area contributed by atoms with Crippen molar-refractivity contribution in [1.29, 1.82) is 0 Å². The summed E-state index contributed by atoms with van der Waals surface area (Å²) in [6.45, 7) is 8.54. The molecule has 24 heavy (non-hydrogen) atoms. The van der Waals surface area contributed by atoms with Gasteiger partial charge in [-0.3, -0.25) is 4.79 Å². The summed E-state index contributed by atoms with van der Waals surface area (Å²) < 4.78 is 2.08. The van der Waals surface area contributed by atoms with E-state index in [1.54, 1.807) is 11.3 Å². The number of carbonyl (C=O) groups is 1. The average molecular weight is 341 g/mol. The van der Waals surface area contributed by atoms with Crippen LogP contribution in [-0.4, -0.2) is 15.6 Å². The number of fused-ring (bicyclic) bond motifs is 2. The molecule has 1 aliphatic heterocycles. The van der Waals surface area contributed by atoms with E-state index in [-0.39, 0.29) is 17.4 Å². The third kappa shape index (κ3) is 2.25. The van der Waals surface area contributed by atoms with E-state index in [9.17, 15) is 4.79 Å². The largest absolute Gasteiger partial charge is 0.343 e. The van der Waals surface area contributed by atoms with Gasteiger partial charge in [-0.05, 0) is 45.6 Å². The zero-order chi connectivity index (χ0) is 17.1. The number of aryl methyl sites for hydroxylation is 1. The molecule has 4 nitrogen and oxygen atoms in total. The highest BCUT2D eigenvalue weighted by Crippen LogP contribution is 2.49. The third-order valence-corrected chi connectivity index (χ3v) is 5.89. The van der Waals surface area contributed by atoms with Gasteiger partial charge in [0.2, 0.25) is 0 Å². The van der Waals surface area contributed by atoms with Crippen LogP contribution in [0.15, 0.2) is 29.3 Å². The molecule has 0 saturated heterocycles. The molecule has 2 aromatic rings. The second-order valence-electron chi connectivity index (χ2n) is 7.69. The summed E-state index contributed by atoms with van der Waals surface area (Å²) in [6.07, 6.45) is 3.66. The lowest BCUT2D eigenvalue weighted by atomic mass is 9.74. The van der Waals surface area contributed by atoms with Crippen LogP contribution >= 0.6 is 11.3 Å². The molecule has 0 fully saturated rings. The first kappa shape index (κ1) is 15.6. The van der Waals surface area contributed by atoms with E-state index in [4.69, 9.17) is 5.10 Å². The first-order valence-electron chi connectivity index (χ1n) is 8.51. The molecule has 3 heterocycles. The Balaban J connectivity index is 1.98. The molecule has 0 unspecified atom stereocenters. The van der Waals surface area contributed by atoms with Crippen molar-refractivity contribution in [2.45, 2.75) is 52.0 Å². The zero-order valence-corrected chi connectivity index (χ0v) is 15.4. The molecule has 2 atom stereocenters. The fraction of sp³-hybridized carbons (Fsp3) is 0.474. The number of hydrogen-bond acceptors (Lipinski definition) is 4. The lowest BCUT2D eigenvalue weighted by molar-refractivity contribution is -0.122. The van der Waals surface area contributed by atoms with Gasteiger partial charge in [-0.1, -0.05) is 12.1 Å². The summed E-state index contributed by atoms with van der Waals surface area (Å²) in [7, 11) is 0. The van der Waals surface area contributed by atoms with E-state index in [1.165, 1.54) is 10.4 Å². The fourth-order valence-corrected chi connectivity index (χ4v) is 4.79. The Hall–Kier alpha value is -1.88. The molecule has 1 N–H and O–H groups in total. The van der Waals surface area contributed by atoms with Crippen molar-refractivity contribution in [3.63, 3.8) is 0 Å². The molecule has 2 aliphatic rings. The van der Waals surface area contributed by atoms with Gasteiger partial charge >= 0.3 is 0 Å². The highest BCUT2D eigenvalue weighted by Gasteiger charge is 2.44. The number of hydrogen-bond donors (Lipinski definition) is 1. The smallest absolute Gasteiger partial charge is 0.143 e. The van der Waals surface area contributed by atoms with Crippen LogP contribution in [0.4, 0.5) is 5.82 Å². The number of rotatable bonds is 1. The zero-order valence-electron chi connectivity index (χ0n) is 14.6. The average Bonchev–Trinajstić information content (AvgIpc) is 3.13. The van der Waals surface area contributed by atoms with Crippen LogP contribution in [0.5, 0.6) is 0 Å². The second kappa shape index (κ2) is 5.31. The molecule has 126 valence electrons. The molecule has 4 rings (SSSR count). The Morgan fingerprint density at radius 1 is 1.33 bits per heavy atom. The predicted molar refractivity (Wildman–Crippen MR) is 97.6 cm³/mol. The maximum atomic E-state index is 12.8. The number of allylic oxidation sites excluding steroid dienone is 2. The summed E-state index contributed by atoms with van der Waals surface area (Å²) >= 11 is 1.73. The first-order valence-corrected chi connectivity index (χ1v) is 9.39. The highest BCUT2D eigenvalue weighted by molar-refractivity contribution is 7.10. The molecular weight excluding hydrogens is 318 g/mol. The van der Waals surface area contributed by atoms with Gasteiger partial charge < -0.3 is 5.32 Å². The van der Waals surface area contributed by atoms with Gasteiger partial charge in [-0.15, -0.1) is 11.3 Å². The molecule has 0 saturated carbocycles. The van der Waals surface area contributed by atoms with Gasteiger partial charge in [-0.25, -0.2) is 4.68 Å². The van der Waals surface area contributed by atoms with E-state index < -0.39 is 0 Å². The van der Waals surface area contributed by atoms with Crippen LogP contribution in [0.25, 0.3) is 0 Å². The standard InChI is InChI=1S/C19H23N3OS/c1-11-15-17(14-9-6-10-24-14)16-12(7-5-8-13(16)23)20-18(15)22(21-11)19(2,3)4/h6-7,9-10,16-17,20H,5,8H2,1-4H3/t16-,17+/m1/s1. The summed E-state index contributed by atoms with van der Waals surface area (Å²) in [6, 6.07) is 4.22.